The highest BCUT2D eigenvalue weighted by Crippen LogP contribution is 2.19. The first kappa shape index (κ1) is 13.7. The van der Waals surface area contributed by atoms with E-state index in [9.17, 15) is 4.79 Å². The monoisotopic (exact) mass is 273 g/mol. The Bertz CT molecular complexity index is 315. The fourth-order valence-electron chi connectivity index (χ4n) is 2.11. The van der Waals surface area contributed by atoms with E-state index in [1.807, 2.05) is 6.92 Å². The molecule has 3 aliphatic rings. The number of rotatable bonds is 3. The number of hydrogen-bond acceptors (Lipinski definition) is 6. The molecule has 3 saturated heterocycles. The maximum Gasteiger partial charge on any atom is 0.541 e. The van der Waals surface area contributed by atoms with Gasteiger partial charge in [-0.25, -0.2) is 4.79 Å². The minimum Gasteiger partial charge on any atom is -0.458 e. The lowest BCUT2D eigenvalue weighted by atomic mass is 10.3. The Morgan fingerprint density at radius 3 is 2.78 bits per heavy atom. The smallest absolute Gasteiger partial charge is 0.458 e. The molecule has 0 aromatic rings. The number of fused-ring (bicyclic) bond motifs is 6. The Hall–Kier alpha value is -0.733. The van der Waals surface area contributed by atoms with Crippen molar-refractivity contribution in [3.8, 4) is 0 Å². The van der Waals surface area contributed by atoms with Crippen molar-refractivity contribution >= 4 is 14.8 Å². The van der Waals surface area contributed by atoms with Gasteiger partial charge < -0.3 is 18.0 Å². The fourth-order valence-corrected chi connectivity index (χ4v) is 4.37. The predicted molar refractivity (Wildman–Crippen MR) is 65.8 cm³/mol. The van der Waals surface area contributed by atoms with Crippen molar-refractivity contribution in [1.29, 1.82) is 0 Å². The fraction of sp³-hybridized carbons (Fsp3) is 0.727. The standard InChI is InChI=1S/C11H19NO5Si/c1-3-11(13)14-9-18-15-6-4-12(5-7-16-18)8-10(2)17-18/h3,10H,1,4-9H2,2H3. The zero-order valence-corrected chi connectivity index (χ0v) is 11.6. The van der Waals surface area contributed by atoms with E-state index in [2.05, 4.69) is 11.5 Å². The number of carbonyl (C=O) groups excluding carboxylic acids is 1. The SMILES string of the molecule is C=CC(=O)OC[Si]12OCCN(CCO1)CC(C)O2. The van der Waals surface area contributed by atoms with Crippen molar-refractivity contribution in [2.75, 3.05) is 39.1 Å². The van der Waals surface area contributed by atoms with Crippen LogP contribution in [0, 0.1) is 0 Å². The molecule has 3 rings (SSSR count). The van der Waals surface area contributed by atoms with Gasteiger partial charge in [0.15, 0.2) is 6.23 Å². The first-order valence-corrected chi connectivity index (χ1v) is 8.04. The van der Waals surface area contributed by atoms with E-state index in [1.165, 1.54) is 0 Å². The number of ether oxygens (including phenoxy) is 1. The van der Waals surface area contributed by atoms with Crippen LogP contribution < -0.4 is 0 Å². The number of esters is 1. The van der Waals surface area contributed by atoms with Crippen molar-refractivity contribution in [2.24, 2.45) is 0 Å². The van der Waals surface area contributed by atoms with Gasteiger partial charge in [-0.05, 0) is 6.92 Å². The zero-order chi connectivity index (χ0) is 13.0. The molecule has 6 nitrogen and oxygen atoms in total. The molecule has 3 heterocycles. The van der Waals surface area contributed by atoms with E-state index < -0.39 is 14.8 Å². The van der Waals surface area contributed by atoms with Crippen molar-refractivity contribution in [2.45, 2.75) is 13.0 Å². The molecule has 0 aromatic heterocycles. The molecule has 0 aromatic carbocycles. The maximum atomic E-state index is 11.2. The van der Waals surface area contributed by atoms with E-state index >= 15 is 0 Å². The van der Waals surface area contributed by atoms with Gasteiger partial charge in [-0.2, -0.15) is 0 Å². The van der Waals surface area contributed by atoms with Crippen LogP contribution >= 0.6 is 0 Å². The van der Waals surface area contributed by atoms with Crippen LogP contribution in [0.15, 0.2) is 12.7 Å². The second-order valence-electron chi connectivity index (χ2n) is 4.42. The van der Waals surface area contributed by atoms with Gasteiger partial charge in [0.25, 0.3) is 0 Å². The predicted octanol–water partition coefficient (Wildman–Crippen LogP) is -0.0388. The van der Waals surface area contributed by atoms with Crippen LogP contribution in [0.1, 0.15) is 6.92 Å². The Morgan fingerprint density at radius 2 is 2.17 bits per heavy atom. The molecule has 1 atom stereocenters. The minimum absolute atomic E-state index is 0.0136. The molecule has 0 saturated carbocycles. The summed E-state index contributed by atoms with van der Waals surface area (Å²) >= 11 is 0. The van der Waals surface area contributed by atoms with E-state index in [1.54, 1.807) is 0 Å². The molecule has 102 valence electrons. The first-order valence-electron chi connectivity index (χ1n) is 6.11. The van der Waals surface area contributed by atoms with E-state index in [-0.39, 0.29) is 12.3 Å². The summed E-state index contributed by atoms with van der Waals surface area (Å²) < 4.78 is 22.4. The number of hydrogen-bond donors (Lipinski definition) is 0. The average molecular weight is 273 g/mol. The Labute approximate surface area is 108 Å². The molecule has 0 N–H and O–H groups in total. The lowest BCUT2D eigenvalue weighted by molar-refractivity contribution is -0.139. The van der Waals surface area contributed by atoms with Crippen LogP contribution in [-0.4, -0.2) is 64.9 Å². The summed E-state index contributed by atoms with van der Waals surface area (Å²) in [5, 5.41) is 0. The van der Waals surface area contributed by atoms with Crippen LogP contribution in [0.3, 0.4) is 0 Å². The molecule has 3 fully saturated rings. The second-order valence-corrected chi connectivity index (χ2v) is 6.89. The quantitative estimate of drug-likeness (QED) is 0.409. The summed E-state index contributed by atoms with van der Waals surface area (Å²) in [6.07, 6.45) is 1.20. The normalized spacial score (nSPS) is 36.3. The molecule has 0 aliphatic carbocycles. The highest BCUT2D eigenvalue weighted by molar-refractivity contribution is 6.60. The van der Waals surface area contributed by atoms with Gasteiger partial charge in [0.2, 0.25) is 0 Å². The van der Waals surface area contributed by atoms with E-state index in [0.29, 0.717) is 13.2 Å². The lowest BCUT2D eigenvalue weighted by Crippen LogP contribution is -2.60. The maximum absolute atomic E-state index is 11.2. The molecule has 2 bridgehead atoms. The van der Waals surface area contributed by atoms with E-state index in [4.69, 9.17) is 18.0 Å². The lowest BCUT2D eigenvalue weighted by Gasteiger charge is -2.40. The molecule has 0 radical (unpaired) electrons. The van der Waals surface area contributed by atoms with E-state index in [0.717, 1.165) is 25.7 Å². The van der Waals surface area contributed by atoms with Crippen LogP contribution in [0.4, 0.5) is 0 Å². The van der Waals surface area contributed by atoms with Gasteiger partial charge >= 0.3 is 14.8 Å². The van der Waals surface area contributed by atoms with Crippen LogP contribution in [-0.2, 0) is 22.8 Å². The highest BCUT2D eigenvalue weighted by Gasteiger charge is 2.47. The van der Waals surface area contributed by atoms with Crippen molar-refractivity contribution < 1.29 is 22.8 Å². The van der Waals surface area contributed by atoms with Gasteiger partial charge in [-0.15, -0.1) is 0 Å². The summed E-state index contributed by atoms with van der Waals surface area (Å²) in [5.41, 5.74) is 0. The molecular formula is C11H19NO5Si. The first-order chi connectivity index (χ1) is 8.63. The van der Waals surface area contributed by atoms with Gasteiger partial charge in [0.05, 0.1) is 19.3 Å². The van der Waals surface area contributed by atoms with Crippen molar-refractivity contribution in [1.82, 2.24) is 4.90 Å². The van der Waals surface area contributed by atoms with Crippen LogP contribution in [0.5, 0.6) is 0 Å². The molecule has 0 amide bonds. The summed E-state index contributed by atoms with van der Waals surface area (Å²) in [6, 6.07) is 0. The average Bonchev–Trinajstić information content (AvgIpc) is 2.29. The van der Waals surface area contributed by atoms with Crippen LogP contribution in [0.2, 0.25) is 0 Å². The molecule has 3 aliphatic heterocycles. The molecule has 0 spiro atoms. The highest BCUT2D eigenvalue weighted by atomic mass is 28.4. The van der Waals surface area contributed by atoms with Gasteiger partial charge in [0, 0.05) is 25.7 Å². The molecule has 1 unspecified atom stereocenters. The van der Waals surface area contributed by atoms with Crippen molar-refractivity contribution in [3.63, 3.8) is 0 Å². The zero-order valence-electron chi connectivity index (χ0n) is 10.6. The molecular weight excluding hydrogens is 254 g/mol. The van der Waals surface area contributed by atoms with Gasteiger partial charge in [0.1, 0.15) is 0 Å². The Morgan fingerprint density at radius 1 is 1.50 bits per heavy atom. The Kier molecular flexibility index (Phi) is 4.52. The third kappa shape index (κ3) is 3.39. The third-order valence-corrected chi connectivity index (χ3v) is 5.46. The Balaban J connectivity index is 2.05. The molecule has 18 heavy (non-hydrogen) atoms. The van der Waals surface area contributed by atoms with Gasteiger partial charge in [-0.3, -0.25) is 4.90 Å². The minimum atomic E-state index is -2.89. The summed E-state index contributed by atoms with van der Waals surface area (Å²) in [6.45, 7) is 9.02. The van der Waals surface area contributed by atoms with Crippen molar-refractivity contribution in [3.05, 3.63) is 12.7 Å². The number of carbonyl (C=O) groups is 1. The topological polar surface area (TPSA) is 57.2 Å². The summed E-state index contributed by atoms with van der Waals surface area (Å²) in [4.78, 5) is 13.4. The van der Waals surface area contributed by atoms with Crippen LogP contribution in [0.25, 0.3) is 0 Å². The number of nitrogens with zero attached hydrogens (tertiary/aromatic N) is 1. The summed E-state index contributed by atoms with van der Waals surface area (Å²) in [5.74, 6) is -0.480. The summed E-state index contributed by atoms with van der Waals surface area (Å²) in [7, 11) is -2.89. The second kappa shape index (κ2) is 5.94. The van der Waals surface area contributed by atoms with Gasteiger partial charge in [-0.1, -0.05) is 6.58 Å². The largest absolute Gasteiger partial charge is 0.541 e. The third-order valence-electron chi connectivity index (χ3n) is 2.91. The molecule has 7 heteroatoms.